The van der Waals surface area contributed by atoms with Gasteiger partial charge in [-0.15, -0.1) is 23.2 Å². The summed E-state index contributed by atoms with van der Waals surface area (Å²) < 4.78 is 11.0. The first-order valence-corrected chi connectivity index (χ1v) is 7.84. The number of fused-ring (bicyclic) bond motifs is 5. The molecule has 6 atom stereocenters. The van der Waals surface area contributed by atoms with Crippen molar-refractivity contribution < 1.29 is 19.7 Å². The van der Waals surface area contributed by atoms with Crippen LogP contribution in [-0.4, -0.2) is 52.2 Å². The molecule has 118 valence electrons. The highest BCUT2D eigenvalue weighted by Gasteiger charge is 2.86. The number of alkyl halides is 2. The van der Waals surface area contributed by atoms with Crippen molar-refractivity contribution in [3.05, 3.63) is 22.2 Å². The number of rotatable bonds is 2. The van der Waals surface area contributed by atoms with Gasteiger partial charge in [0.2, 0.25) is 5.79 Å². The van der Waals surface area contributed by atoms with Crippen molar-refractivity contribution in [1.82, 2.24) is 0 Å². The van der Waals surface area contributed by atoms with Gasteiger partial charge in [-0.2, -0.15) is 0 Å². The molecule has 0 aromatic heterocycles. The molecule has 0 radical (unpaired) electrons. The molecule has 2 bridgehead atoms. The second kappa shape index (κ2) is 4.74. The minimum atomic E-state index is -1.60. The Balaban J connectivity index is 2.34. The molecule has 21 heavy (non-hydrogen) atoms. The molecule has 2 N–H and O–H groups in total. The molecular weight excluding hydrogens is 362 g/mol. The Hall–Kier alpha value is 0.480. The Labute approximate surface area is 142 Å². The smallest absolute Gasteiger partial charge is 0.217 e. The van der Waals surface area contributed by atoms with Gasteiger partial charge in [0.25, 0.3) is 0 Å². The Bertz CT molecular complexity index is 504. The van der Waals surface area contributed by atoms with Gasteiger partial charge in [0, 0.05) is 26.1 Å². The van der Waals surface area contributed by atoms with Crippen LogP contribution in [0.15, 0.2) is 22.2 Å². The third-order valence-corrected chi connectivity index (χ3v) is 7.56. The van der Waals surface area contributed by atoms with E-state index >= 15 is 0 Å². The van der Waals surface area contributed by atoms with E-state index in [0.717, 1.165) is 0 Å². The first-order chi connectivity index (χ1) is 9.74. The maximum atomic E-state index is 10.3. The zero-order valence-electron chi connectivity index (χ0n) is 11.2. The summed E-state index contributed by atoms with van der Waals surface area (Å²) in [6.07, 6.45) is 1.01. The number of aliphatic hydroxyl groups excluding tert-OH is 2. The van der Waals surface area contributed by atoms with Gasteiger partial charge >= 0.3 is 0 Å². The molecule has 4 nitrogen and oxygen atoms in total. The molecular formula is C13H14Cl4O4. The molecule has 0 aromatic carbocycles. The van der Waals surface area contributed by atoms with Gasteiger partial charge in [0.05, 0.1) is 22.3 Å². The first-order valence-electron chi connectivity index (χ1n) is 6.32. The van der Waals surface area contributed by atoms with Crippen LogP contribution in [0.2, 0.25) is 0 Å². The van der Waals surface area contributed by atoms with Crippen LogP contribution < -0.4 is 0 Å². The fourth-order valence-electron chi connectivity index (χ4n) is 4.14. The van der Waals surface area contributed by atoms with E-state index in [2.05, 4.69) is 0 Å². The summed E-state index contributed by atoms with van der Waals surface area (Å²) in [5.74, 6) is -3.00. The lowest BCUT2D eigenvalue weighted by Gasteiger charge is -2.41. The highest BCUT2D eigenvalue weighted by Crippen LogP contribution is 2.75. The van der Waals surface area contributed by atoms with Gasteiger partial charge in [-0.1, -0.05) is 35.4 Å². The van der Waals surface area contributed by atoms with E-state index in [9.17, 15) is 10.2 Å². The largest absolute Gasteiger partial charge is 0.389 e. The van der Waals surface area contributed by atoms with Crippen LogP contribution in [-0.2, 0) is 9.47 Å². The van der Waals surface area contributed by atoms with Crippen LogP contribution in [0.25, 0.3) is 0 Å². The maximum absolute atomic E-state index is 10.3. The van der Waals surface area contributed by atoms with Crippen molar-refractivity contribution in [2.45, 2.75) is 27.7 Å². The highest BCUT2D eigenvalue weighted by atomic mass is 35.5. The topological polar surface area (TPSA) is 58.9 Å². The molecule has 3 rings (SSSR count). The van der Waals surface area contributed by atoms with E-state index in [1.165, 1.54) is 26.4 Å². The second-order valence-corrected chi connectivity index (χ2v) is 7.44. The number of halogens is 4. The predicted octanol–water partition coefficient (Wildman–Crippen LogP) is 2.17. The Morgan fingerprint density at radius 1 is 0.905 bits per heavy atom. The molecule has 0 amide bonds. The first kappa shape index (κ1) is 16.3. The Kier molecular flexibility index (Phi) is 3.69. The lowest BCUT2D eigenvalue weighted by Crippen LogP contribution is -2.58. The van der Waals surface area contributed by atoms with E-state index in [1.54, 1.807) is 0 Å². The lowest BCUT2D eigenvalue weighted by molar-refractivity contribution is -0.222. The highest BCUT2D eigenvalue weighted by molar-refractivity contribution is 6.52. The van der Waals surface area contributed by atoms with Gasteiger partial charge in [0.15, 0.2) is 0 Å². The van der Waals surface area contributed by atoms with Gasteiger partial charge in [0.1, 0.15) is 9.75 Å². The van der Waals surface area contributed by atoms with Crippen molar-refractivity contribution in [1.29, 1.82) is 0 Å². The van der Waals surface area contributed by atoms with Gasteiger partial charge in [-0.05, 0) is 0 Å². The van der Waals surface area contributed by atoms with E-state index in [4.69, 9.17) is 55.9 Å². The van der Waals surface area contributed by atoms with Crippen molar-refractivity contribution in [3.8, 4) is 0 Å². The van der Waals surface area contributed by atoms with E-state index in [1.807, 2.05) is 0 Å². The third kappa shape index (κ3) is 1.45. The zero-order valence-corrected chi connectivity index (χ0v) is 14.2. The summed E-state index contributed by atoms with van der Waals surface area (Å²) in [6, 6.07) is 0. The van der Waals surface area contributed by atoms with Crippen LogP contribution in [0.1, 0.15) is 0 Å². The van der Waals surface area contributed by atoms with E-state index < -0.39 is 39.6 Å². The molecule has 0 aliphatic heterocycles. The quantitative estimate of drug-likeness (QED) is 0.441. The van der Waals surface area contributed by atoms with Gasteiger partial charge in [-0.3, -0.25) is 0 Å². The normalized spacial score (nSPS) is 50.7. The fraction of sp³-hybridized carbons (Fsp3) is 0.692. The number of hydrogen-bond acceptors (Lipinski definition) is 4. The summed E-state index contributed by atoms with van der Waals surface area (Å²) in [4.78, 5) is -2.99. The Morgan fingerprint density at radius 3 is 1.52 bits per heavy atom. The molecule has 0 saturated heterocycles. The van der Waals surface area contributed by atoms with Crippen LogP contribution in [0.5, 0.6) is 0 Å². The van der Waals surface area contributed by atoms with Crippen LogP contribution in [0.4, 0.5) is 0 Å². The Morgan fingerprint density at radius 2 is 1.24 bits per heavy atom. The molecule has 1 fully saturated rings. The van der Waals surface area contributed by atoms with Crippen LogP contribution >= 0.6 is 46.4 Å². The van der Waals surface area contributed by atoms with Crippen LogP contribution in [0, 0.1) is 11.8 Å². The molecule has 3 aliphatic rings. The van der Waals surface area contributed by atoms with Crippen molar-refractivity contribution in [2.24, 2.45) is 11.8 Å². The third-order valence-electron chi connectivity index (χ3n) is 4.91. The molecule has 1 saturated carbocycles. The minimum Gasteiger partial charge on any atom is -0.389 e. The van der Waals surface area contributed by atoms with Crippen molar-refractivity contribution in [3.63, 3.8) is 0 Å². The average molecular weight is 376 g/mol. The maximum Gasteiger partial charge on any atom is 0.217 e. The van der Waals surface area contributed by atoms with Gasteiger partial charge in [-0.25, -0.2) is 0 Å². The molecule has 0 heterocycles. The summed E-state index contributed by atoms with van der Waals surface area (Å²) >= 11 is 26.2. The summed E-state index contributed by atoms with van der Waals surface area (Å²) in [7, 11) is 2.75. The average Bonchev–Trinajstić information content (AvgIpc) is 2.72. The fourth-order valence-corrected chi connectivity index (χ4v) is 6.41. The molecule has 0 aromatic rings. The lowest BCUT2D eigenvalue weighted by atomic mass is 9.72. The SMILES string of the molecule is COC1(OC)[C@@]2(Cl)C(Cl)=C(Cl)[C@]1(Cl)[C@H]1C2C(O)C=C[C@H]1O. The number of methoxy groups -OCH3 is 2. The number of hydrogen-bond donors (Lipinski definition) is 2. The molecule has 2 unspecified atom stereocenters. The standard InChI is InChI=1S/C13H14Cl4O4/c1-20-13(21-2)11(16)7-5(18)3-4-6(19)8(7)12(13,17)10(15)9(11)14/h3-8,18-19H,1-2H3/t5-,6?,7-,8?,11-,12+/m1/s1. The zero-order chi connectivity index (χ0) is 15.8. The minimum absolute atomic E-state index is 0.0762. The van der Waals surface area contributed by atoms with Crippen LogP contribution in [0.3, 0.4) is 0 Å². The number of aliphatic hydroxyl groups is 2. The second-order valence-electron chi connectivity index (χ2n) is 5.49. The summed E-state index contributed by atoms with van der Waals surface area (Å²) in [5, 5.41) is 20.9. The molecule has 3 aliphatic carbocycles. The van der Waals surface area contributed by atoms with E-state index in [0.29, 0.717) is 0 Å². The molecule has 0 spiro atoms. The number of ether oxygens (including phenoxy) is 2. The van der Waals surface area contributed by atoms with Crippen molar-refractivity contribution in [2.75, 3.05) is 14.2 Å². The van der Waals surface area contributed by atoms with Crippen molar-refractivity contribution >= 4 is 46.4 Å². The summed E-state index contributed by atoms with van der Waals surface area (Å²) in [5.41, 5.74) is 0. The van der Waals surface area contributed by atoms with Gasteiger partial charge < -0.3 is 19.7 Å². The molecule has 8 heteroatoms. The summed E-state index contributed by atoms with van der Waals surface area (Å²) in [6.45, 7) is 0. The van der Waals surface area contributed by atoms with E-state index in [-0.39, 0.29) is 10.1 Å². The monoisotopic (exact) mass is 374 g/mol. The predicted molar refractivity (Wildman–Crippen MR) is 80.8 cm³/mol.